The molecule has 104 valence electrons. The number of urea groups is 1. The highest BCUT2D eigenvalue weighted by Gasteiger charge is 2.35. The number of carbonyl (C=O) groups is 2. The number of aliphatic carboxylic acids is 1. The molecule has 1 rings (SSSR count). The summed E-state index contributed by atoms with van der Waals surface area (Å²) in [5, 5.41) is 11.8. The van der Waals surface area contributed by atoms with E-state index in [0.29, 0.717) is 12.3 Å². The Morgan fingerprint density at radius 3 is 2.61 bits per heavy atom. The summed E-state index contributed by atoms with van der Waals surface area (Å²) in [4.78, 5) is 24.9. The van der Waals surface area contributed by atoms with E-state index in [1.54, 1.807) is 18.7 Å². The van der Waals surface area contributed by atoms with E-state index in [1.165, 1.54) is 0 Å². The summed E-state index contributed by atoms with van der Waals surface area (Å²) in [6.07, 6.45) is 3.66. The third-order valence-corrected chi connectivity index (χ3v) is 3.83. The van der Waals surface area contributed by atoms with Gasteiger partial charge in [0.1, 0.15) is 5.54 Å². The van der Waals surface area contributed by atoms with Crippen molar-refractivity contribution in [2.24, 2.45) is 5.92 Å². The van der Waals surface area contributed by atoms with E-state index in [1.807, 2.05) is 0 Å². The molecule has 2 amide bonds. The molecule has 2 N–H and O–H groups in total. The summed E-state index contributed by atoms with van der Waals surface area (Å²) in [6.45, 7) is 6.93. The molecule has 2 unspecified atom stereocenters. The minimum absolute atomic E-state index is 0.250. The summed E-state index contributed by atoms with van der Waals surface area (Å²) < 4.78 is 0. The number of carbonyl (C=O) groups excluding carboxylic acids is 1. The van der Waals surface area contributed by atoms with Crippen LogP contribution in [0.25, 0.3) is 0 Å². The van der Waals surface area contributed by atoms with Crippen molar-refractivity contribution < 1.29 is 14.7 Å². The number of rotatable bonds is 5. The fraction of sp³-hybridized carbons (Fsp3) is 0.846. The van der Waals surface area contributed by atoms with Gasteiger partial charge in [-0.2, -0.15) is 0 Å². The van der Waals surface area contributed by atoms with Crippen molar-refractivity contribution in [2.75, 3.05) is 13.1 Å². The van der Waals surface area contributed by atoms with E-state index in [2.05, 4.69) is 12.2 Å². The molecule has 1 fully saturated rings. The highest BCUT2D eigenvalue weighted by molar-refractivity contribution is 5.85. The van der Waals surface area contributed by atoms with Crippen molar-refractivity contribution in [1.82, 2.24) is 10.2 Å². The maximum atomic E-state index is 12.0. The summed E-state index contributed by atoms with van der Waals surface area (Å²) in [7, 11) is 0. The fourth-order valence-electron chi connectivity index (χ4n) is 2.27. The number of likely N-dealkylation sites (tertiary alicyclic amines) is 1. The molecule has 0 radical (unpaired) electrons. The lowest BCUT2D eigenvalue weighted by Gasteiger charge is -2.28. The van der Waals surface area contributed by atoms with Crippen LogP contribution < -0.4 is 5.32 Å². The first kappa shape index (κ1) is 14.8. The molecule has 0 bridgehead atoms. The normalized spacial score (nSPS) is 22.6. The van der Waals surface area contributed by atoms with Gasteiger partial charge < -0.3 is 15.3 Å². The van der Waals surface area contributed by atoms with E-state index >= 15 is 0 Å². The third-order valence-electron chi connectivity index (χ3n) is 3.83. The van der Waals surface area contributed by atoms with Crippen LogP contribution in [0, 0.1) is 5.92 Å². The van der Waals surface area contributed by atoms with Crippen molar-refractivity contribution in [3.8, 4) is 0 Å². The van der Waals surface area contributed by atoms with Gasteiger partial charge in [-0.3, -0.25) is 0 Å². The summed E-state index contributed by atoms with van der Waals surface area (Å²) in [5.41, 5.74) is -1.17. The summed E-state index contributed by atoms with van der Waals surface area (Å²) in [5.74, 6) is -0.416. The number of hydrogen-bond acceptors (Lipinski definition) is 2. The second-order valence-electron chi connectivity index (χ2n) is 5.31. The van der Waals surface area contributed by atoms with Gasteiger partial charge in [0.05, 0.1) is 0 Å². The zero-order chi connectivity index (χ0) is 13.8. The van der Waals surface area contributed by atoms with Gasteiger partial charge >= 0.3 is 12.0 Å². The van der Waals surface area contributed by atoms with E-state index < -0.39 is 11.5 Å². The van der Waals surface area contributed by atoms with Gasteiger partial charge in [-0.25, -0.2) is 9.59 Å². The van der Waals surface area contributed by atoms with Crippen LogP contribution >= 0.6 is 0 Å². The molecule has 1 saturated heterocycles. The topological polar surface area (TPSA) is 69.6 Å². The Bertz CT molecular complexity index is 319. The second-order valence-corrected chi connectivity index (χ2v) is 5.31. The molecule has 5 heteroatoms. The number of hydrogen-bond donors (Lipinski definition) is 2. The Labute approximate surface area is 109 Å². The molecule has 0 aromatic heterocycles. The SMILES string of the molecule is CCCC1CCN(C(=O)NC(C)(CC)C(=O)O)C1. The first-order valence-corrected chi connectivity index (χ1v) is 6.73. The molecule has 0 aromatic rings. The van der Waals surface area contributed by atoms with Crippen molar-refractivity contribution in [3.63, 3.8) is 0 Å². The molecule has 0 aliphatic carbocycles. The maximum Gasteiger partial charge on any atom is 0.329 e. The van der Waals surface area contributed by atoms with Crippen LogP contribution in [0.2, 0.25) is 0 Å². The number of carboxylic acids is 1. The Morgan fingerprint density at radius 1 is 1.44 bits per heavy atom. The molecular formula is C13H24N2O3. The average Bonchev–Trinajstić information content (AvgIpc) is 2.77. The molecule has 1 heterocycles. The quantitative estimate of drug-likeness (QED) is 0.791. The molecule has 0 saturated carbocycles. The molecule has 0 aromatic carbocycles. The zero-order valence-corrected chi connectivity index (χ0v) is 11.5. The highest BCUT2D eigenvalue weighted by atomic mass is 16.4. The number of nitrogens with one attached hydrogen (secondary N) is 1. The maximum absolute atomic E-state index is 12.0. The van der Waals surface area contributed by atoms with Crippen LogP contribution in [0.5, 0.6) is 0 Å². The van der Waals surface area contributed by atoms with Gasteiger partial charge in [-0.05, 0) is 32.1 Å². The summed E-state index contributed by atoms with van der Waals surface area (Å²) >= 11 is 0. The predicted molar refractivity (Wildman–Crippen MR) is 69.5 cm³/mol. The lowest BCUT2D eigenvalue weighted by molar-refractivity contribution is -0.143. The minimum atomic E-state index is -1.17. The van der Waals surface area contributed by atoms with Crippen LogP contribution in [0.4, 0.5) is 4.79 Å². The lowest BCUT2D eigenvalue weighted by atomic mass is 10.00. The van der Waals surface area contributed by atoms with Crippen LogP contribution in [-0.4, -0.2) is 40.6 Å². The van der Waals surface area contributed by atoms with Crippen molar-refractivity contribution in [3.05, 3.63) is 0 Å². The van der Waals surface area contributed by atoms with Gasteiger partial charge in [-0.1, -0.05) is 20.3 Å². The van der Waals surface area contributed by atoms with E-state index in [9.17, 15) is 9.59 Å². The number of amides is 2. The number of carboxylic acid groups (broad SMARTS) is 1. The molecular weight excluding hydrogens is 232 g/mol. The monoisotopic (exact) mass is 256 g/mol. The van der Waals surface area contributed by atoms with Crippen molar-refractivity contribution >= 4 is 12.0 Å². The number of nitrogens with zero attached hydrogens (tertiary/aromatic N) is 1. The Hall–Kier alpha value is -1.26. The van der Waals surface area contributed by atoms with Crippen LogP contribution in [0.1, 0.15) is 46.5 Å². The van der Waals surface area contributed by atoms with E-state index in [-0.39, 0.29) is 6.03 Å². The molecule has 18 heavy (non-hydrogen) atoms. The molecule has 5 nitrogen and oxygen atoms in total. The van der Waals surface area contributed by atoms with Gasteiger partial charge in [0, 0.05) is 13.1 Å². The second kappa shape index (κ2) is 6.07. The van der Waals surface area contributed by atoms with E-state index in [4.69, 9.17) is 5.11 Å². The molecule has 1 aliphatic heterocycles. The Balaban J connectivity index is 2.54. The van der Waals surface area contributed by atoms with Crippen molar-refractivity contribution in [2.45, 2.75) is 52.0 Å². The standard InChI is InChI=1S/C13H24N2O3/c1-4-6-10-7-8-15(9-10)12(18)14-13(3,5-2)11(16)17/h10H,4-9H2,1-3H3,(H,14,18)(H,16,17). The molecule has 2 atom stereocenters. The summed E-state index contributed by atoms with van der Waals surface area (Å²) in [6, 6.07) is -0.250. The smallest absolute Gasteiger partial charge is 0.329 e. The predicted octanol–water partition coefficient (Wildman–Crippen LogP) is 2.07. The first-order chi connectivity index (χ1) is 8.42. The van der Waals surface area contributed by atoms with Crippen LogP contribution in [0.3, 0.4) is 0 Å². The van der Waals surface area contributed by atoms with Crippen molar-refractivity contribution in [1.29, 1.82) is 0 Å². The molecule has 1 aliphatic rings. The van der Waals surface area contributed by atoms with Gasteiger partial charge in [0.15, 0.2) is 0 Å². The first-order valence-electron chi connectivity index (χ1n) is 6.73. The average molecular weight is 256 g/mol. The zero-order valence-electron chi connectivity index (χ0n) is 11.5. The Kier molecular flexibility index (Phi) is 4.99. The van der Waals surface area contributed by atoms with Gasteiger partial charge in [-0.15, -0.1) is 0 Å². The van der Waals surface area contributed by atoms with Gasteiger partial charge in [0.2, 0.25) is 0 Å². The fourth-order valence-corrected chi connectivity index (χ4v) is 2.27. The van der Waals surface area contributed by atoms with E-state index in [0.717, 1.165) is 32.4 Å². The van der Waals surface area contributed by atoms with Crippen LogP contribution in [0.15, 0.2) is 0 Å². The lowest BCUT2D eigenvalue weighted by Crippen LogP contribution is -2.55. The minimum Gasteiger partial charge on any atom is -0.480 e. The molecule has 0 spiro atoms. The third kappa shape index (κ3) is 3.37. The van der Waals surface area contributed by atoms with Crippen LogP contribution in [-0.2, 0) is 4.79 Å². The Morgan fingerprint density at radius 2 is 2.11 bits per heavy atom. The van der Waals surface area contributed by atoms with Gasteiger partial charge in [0.25, 0.3) is 0 Å². The highest BCUT2D eigenvalue weighted by Crippen LogP contribution is 2.21. The largest absolute Gasteiger partial charge is 0.480 e.